The highest BCUT2D eigenvalue weighted by atomic mass is 32.2. The van der Waals surface area contributed by atoms with E-state index in [4.69, 9.17) is 0 Å². The lowest BCUT2D eigenvalue weighted by molar-refractivity contribution is -0.384. The van der Waals surface area contributed by atoms with E-state index in [2.05, 4.69) is 4.72 Å². The molecule has 2 aromatic carbocycles. The molecule has 0 aliphatic carbocycles. The Balaban J connectivity index is 2.06. The first-order valence-electron chi connectivity index (χ1n) is 6.37. The molecule has 0 fully saturated rings. The van der Waals surface area contributed by atoms with E-state index in [1.807, 2.05) is 0 Å². The van der Waals surface area contributed by atoms with Gasteiger partial charge in [0.25, 0.3) is 5.69 Å². The number of nitrogens with zero attached hydrogens (tertiary/aromatic N) is 1. The summed E-state index contributed by atoms with van der Waals surface area (Å²) in [6, 6.07) is 13.2. The Bertz CT molecular complexity index is 745. The maximum atomic E-state index is 12.1. The van der Waals surface area contributed by atoms with Crippen LogP contribution in [-0.4, -0.2) is 25.0 Å². The summed E-state index contributed by atoms with van der Waals surface area (Å²) >= 11 is 0. The topological polar surface area (TPSA) is 110 Å². The standard InChI is InChI=1S/C14H14N2O5S/c17-14(11-4-2-1-3-5-11)10-15-22(20,21)13-8-6-12(7-9-13)16(18)19/h1-9,14-15,17H,10H2. The molecule has 0 aliphatic rings. The van der Waals surface area contributed by atoms with Gasteiger partial charge in [-0.1, -0.05) is 30.3 Å². The molecule has 0 saturated heterocycles. The molecule has 1 atom stereocenters. The van der Waals surface area contributed by atoms with Crippen molar-refractivity contribution in [1.29, 1.82) is 0 Å². The molecule has 116 valence electrons. The molecule has 0 radical (unpaired) electrons. The minimum absolute atomic E-state index is 0.0987. The van der Waals surface area contributed by atoms with Crippen LogP contribution in [-0.2, 0) is 10.0 Å². The molecular weight excluding hydrogens is 308 g/mol. The lowest BCUT2D eigenvalue weighted by Crippen LogP contribution is -2.28. The van der Waals surface area contributed by atoms with Crippen LogP contribution in [0.15, 0.2) is 59.5 Å². The fourth-order valence-electron chi connectivity index (χ4n) is 1.81. The molecule has 8 heteroatoms. The number of hydrogen-bond acceptors (Lipinski definition) is 5. The van der Waals surface area contributed by atoms with E-state index in [-0.39, 0.29) is 17.1 Å². The zero-order valence-corrected chi connectivity index (χ0v) is 12.2. The average molecular weight is 322 g/mol. The van der Waals surface area contributed by atoms with Gasteiger partial charge >= 0.3 is 0 Å². The lowest BCUT2D eigenvalue weighted by Gasteiger charge is -2.12. The van der Waals surface area contributed by atoms with Gasteiger partial charge in [0.1, 0.15) is 0 Å². The summed E-state index contributed by atoms with van der Waals surface area (Å²) in [5.41, 5.74) is 0.400. The molecule has 0 amide bonds. The van der Waals surface area contributed by atoms with Crippen LogP contribution in [0.25, 0.3) is 0 Å². The zero-order chi connectivity index (χ0) is 16.2. The Morgan fingerprint density at radius 2 is 1.68 bits per heavy atom. The van der Waals surface area contributed by atoms with E-state index in [0.717, 1.165) is 24.3 Å². The Hall–Kier alpha value is -2.29. The average Bonchev–Trinajstić information content (AvgIpc) is 2.53. The van der Waals surface area contributed by atoms with Gasteiger partial charge in [0.15, 0.2) is 0 Å². The van der Waals surface area contributed by atoms with Crippen molar-refractivity contribution in [3.05, 3.63) is 70.3 Å². The highest BCUT2D eigenvalue weighted by Crippen LogP contribution is 2.17. The van der Waals surface area contributed by atoms with Crippen molar-refractivity contribution in [2.24, 2.45) is 0 Å². The number of benzene rings is 2. The van der Waals surface area contributed by atoms with E-state index in [9.17, 15) is 23.6 Å². The first-order valence-corrected chi connectivity index (χ1v) is 7.85. The van der Waals surface area contributed by atoms with E-state index in [1.165, 1.54) is 0 Å². The van der Waals surface area contributed by atoms with Crippen molar-refractivity contribution in [2.75, 3.05) is 6.54 Å². The summed E-state index contributed by atoms with van der Waals surface area (Å²) < 4.78 is 26.4. The predicted octanol–water partition coefficient (Wildman–Crippen LogP) is 1.61. The summed E-state index contributed by atoms with van der Waals surface area (Å²) in [5, 5.41) is 20.5. The molecular formula is C14H14N2O5S. The van der Waals surface area contributed by atoms with Gasteiger partial charge in [0.2, 0.25) is 10.0 Å². The fourth-order valence-corrected chi connectivity index (χ4v) is 2.85. The number of rotatable bonds is 6. The van der Waals surface area contributed by atoms with Crippen LogP contribution < -0.4 is 4.72 Å². The third-order valence-electron chi connectivity index (χ3n) is 3.01. The second kappa shape index (κ2) is 6.65. The normalized spacial score (nSPS) is 12.8. The SMILES string of the molecule is O=[N+]([O-])c1ccc(S(=O)(=O)NCC(O)c2ccccc2)cc1. The smallest absolute Gasteiger partial charge is 0.269 e. The second-order valence-electron chi connectivity index (χ2n) is 4.53. The summed E-state index contributed by atoms with van der Waals surface area (Å²) in [6.07, 6.45) is -0.978. The molecule has 2 aromatic rings. The molecule has 7 nitrogen and oxygen atoms in total. The van der Waals surface area contributed by atoms with Crippen LogP contribution in [0.4, 0.5) is 5.69 Å². The molecule has 2 rings (SSSR count). The monoisotopic (exact) mass is 322 g/mol. The third kappa shape index (κ3) is 3.88. The molecule has 0 saturated carbocycles. The zero-order valence-electron chi connectivity index (χ0n) is 11.4. The van der Waals surface area contributed by atoms with Gasteiger partial charge in [0, 0.05) is 18.7 Å². The third-order valence-corrected chi connectivity index (χ3v) is 4.45. The highest BCUT2D eigenvalue weighted by molar-refractivity contribution is 7.89. The molecule has 0 aliphatic heterocycles. The van der Waals surface area contributed by atoms with Crippen LogP contribution in [0.1, 0.15) is 11.7 Å². The van der Waals surface area contributed by atoms with Crippen molar-refractivity contribution in [3.63, 3.8) is 0 Å². The molecule has 0 aromatic heterocycles. The van der Waals surface area contributed by atoms with E-state index < -0.39 is 21.1 Å². The summed E-state index contributed by atoms with van der Waals surface area (Å²) in [4.78, 5) is 9.83. The number of nitro groups is 1. The van der Waals surface area contributed by atoms with Crippen molar-refractivity contribution >= 4 is 15.7 Å². The molecule has 1 unspecified atom stereocenters. The number of aliphatic hydroxyl groups excluding tert-OH is 1. The number of nitro benzene ring substituents is 1. The molecule has 0 spiro atoms. The molecule has 22 heavy (non-hydrogen) atoms. The van der Waals surface area contributed by atoms with Gasteiger partial charge in [-0.15, -0.1) is 0 Å². The molecule has 2 N–H and O–H groups in total. The van der Waals surface area contributed by atoms with Crippen LogP contribution in [0, 0.1) is 10.1 Å². The lowest BCUT2D eigenvalue weighted by atomic mass is 10.1. The first kappa shape index (κ1) is 16.1. The van der Waals surface area contributed by atoms with Gasteiger partial charge in [-0.2, -0.15) is 0 Å². The second-order valence-corrected chi connectivity index (χ2v) is 6.30. The van der Waals surface area contributed by atoms with Crippen molar-refractivity contribution in [3.8, 4) is 0 Å². The van der Waals surface area contributed by atoms with Crippen LogP contribution in [0.5, 0.6) is 0 Å². The number of hydrogen-bond donors (Lipinski definition) is 2. The minimum Gasteiger partial charge on any atom is -0.387 e. The highest BCUT2D eigenvalue weighted by Gasteiger charge is 2.17. The first-order chi connectivity index (χ1) is 10.4. The Morgan fingerprint density at radius 1 is 1.09 bits per heavy atom. The minimum atomic E-state index is -3.84. The van der Waals surface area contributed by atoms with Crippen molar-refractivity contribution < 1.29 is 18.4 Å². The van der Waals surface area contributed by atoms with Gasteiger partial charge in [-0.3, -0.25) is 10.1 Å². The van der Waals surface area contributed by atoms with E-state index >= 15 is 0 Å². The maximum Gasteiger partial charge on any atom is 0.269 e. The summed E-state index contributed by atoms with van der Waals surface area (Å²) in [7, 11) is -3.84. The number of aliphatic hydroxyl groups is 1. The molecule has 0 bridgehead atoms. The van der Waals surface area contributed by atoms with Gasteiger partial charge < -0.3 is 5.11 Å². The van der Waals surface area contributed by atoms with Gasteiger partial charge in [-0.05, 0) is 17.7 Å². The number of nitrogens with one attached hydrogen (secondary N) is 1. The number of non-ortho nitro benzene ring substituents is 1. The predicted molar refractivity (Wildman–Crippen MR) is 79.7 cm³/mol. The Morgan fingerprint density at radius 3 is 2.23 bits per heavy atom. The largest absolute Gasteiger partial charge is 0.387 e. The van der Waals surface area contributed by atoms with Gasteiger partial charge in [0.05, 0.1) is 15.9 Å². The maximum absolute atomic E-state index is 12.1. The quantitative estimate of drug-likeness (QED) is 0.620. The van der Waals surface area contributed by atoms with Gasteiger partial charge in [-0.25, -0.2) is 13.1 Å². The summed E-state index contributed by atoms with van der Waals surface area (Å²) in [6.45, 7) is -0.191. The Kier molecular flexibility index (Phi) is 4.86. The Labute approximate surface area is 127 Å². The van der Waals surface area contributed by atoms with Crippen LogP contribution in [0.3, 0.4) is 0 Å². The van der Waals surface area contributed by atoms with E-state index in [1.54, 1.807) is 30.3 Å². The fraction of sp³-hybridized carbons (Fsp3) is 0.143. The van der Waals surface area contributed by atoms with E-state index in [0.29, 0.717) is 5.56 Å². The summed E-state index contributed by atoms with van der Waals surface area (Å²) in [5.74, 6) is 0. The van der Waals surface area contributed by atoms with Crippen molar-refractivity contribution in [1.82, 2.24) is 4.72 Å². The van der Waals surface area contributed by atoms with Crippen LogP contribution >= 0.6 is 0 Å². The van der Waals surface area contributed by atoms with Crippen molar-refractivity contribution in [2.45, 2.75) is 11.0 Å². The van der Waals surface area contributed by atoms with Crippen LogP contribution in [0.2, 0.25) is 0 Å². The number of sulfonamides is 1. The molecule has 0 heterocycles.